The third-order valence-corrected chi connectivity index (χ3v) is 5.47. The van der Waals surface area contributed by atoms with E-state index in [1.807, 2.05) is 23.5 Å². The largest absolute Gasteiger partial charge is 0.335 e. The molecule has 0 radical (unpaired) electrons. The van der Waals surface area contributed by atoms with Gasteiger partial charge in [0.2, 0.25) is 0 Å². The molecule has 3 aromatic rings. The van der Waals surface area contributed by atoms with E-state index in [1.54, 1.807) is 17.5 Å². The molecule has 6 nitrogen and oxygen atoms in total. The number of hydrogen-bond acceptors (Lipinski definition) is 4. The molecule has 0 bridgehead atoms. The maximum atomic E-state index is 12.8. The van der Waals surface area contributed by atoms with Crippen LogP contribution in [0.5, 0.6) is 0 Å². The summed E-state index contributed by atoms with van der Waals surface area (Å²) < 4.78 is 2.09. The van der Waals surface area contributed by atoms with Gasteiger partial charge in [0.25, 0.3) is 5.91 Å². The van der Waals surface area contributed by atoms with Crippen LogP contribution in [0.4, 0.5) is 0 Å². The number of aryl methyl sites for hydroxylation is 1. The summed E-state index contributed by atoms with van der Waals surface area (Å²) in [5, 5.41) is 7.23. The summed E-state index contributed by atoms with van der Waals surface area (Å²) in [6, 6.07) is 6.28. The Morgan fingerprint density at radius 3 is 3.08 bits per heavy atom. The number of carbonyl (C=O) groups is 1. The van der Waals surface area contributed by atoms with E-state index in [-0.39, 0.29) is 5.91 Å². The number of hydrogen-bond donors (Lipinski definition) is 1. The number of rotatable bonds is 3. The van der Waals surface area contributed by atoms with E-state index in [4.69, 9.17) is 0 Å². The number of aromatic amines is 1. The lowest BCUT2D eigenvalue weighted by molar-refractivity contribution is 0.0673. The summed E-state index contributed by atoms with van der Waals surface area (Å²) in [7, 11) is 0. The van der Waals surface area contributed by atoms with E-state index in [9.17, 15) is 4.79 Å². The van der Waals surface area contributed by atoms with Crippen molar-refractivity contribution in [3.05, 3.63) is 47.5 Å². The summed E-state index contributed by atoms with van der Waals surface area (Å²) >= 11 is 1.69. The predicted molar refractivity (Wildman–Crippen MR) is 93.0 cm³/mol. The van der Waals surface area contributed by atoms with Gasteiger partial charge in [-0.3, -0.25) is 9.89 Å². The minimum atomic E-state index is -0.00408. The van der Waals surface area contributed by atoms with E-state index in [0.29, 0.717) is 18.3 Å². The molecule has 1 fully saturated rings. The van der Waals surface area contributed by atoms with Crippen molar-refractivity contribution in [2.75, 3.05) is 13.1 Å². The molecule has 1 N–H and O–H groups in total. The Balaban J connectivity index is 1.50. The van der Waals surface area contributed by atoms with Gasteiger partial charge in [-0.1, -0.05) is 0 Å². The second-order valence-electron chi connectivity index (χ2n) is 6.13. The Hall–Kier alpha value is -2.41. The summed E-state index contributed by atoms with van der Waals surface area (Å²) in [6.45, 7) is 3.56. The van der Waals surface area contributed by atoms with Crippen LogP contribution in [0.2, 0.25) is 0 Å². The number of amides is 1. The summed E-state index contributed by atoms with van der Waals surface area (Å²) in [5.74, 6) is -0.00408. The van der Waals surface area contributed by atoms with E-state index in [1.165, 1.54) is 4.88 Å². The molecule has 1 saturated heterocycles. The predicted octanol–water partition coefficient (Wildman–Crippen LogP) is 3.12. The fraction of sp³-hybridized carbons (Fsp3) is 0.353. The van der Waals surface area contributed by atoms with Gasteiger partial charge in [0, 0.05) is 30.4 Å². The molecule has 124 valence electrons. The number of nitrogens with one attached hydrogen (secondary N) is 1. The van der Waals surface area contributed by atoms with Gasteiger partial charge in [0.15, 0.2) is 5.69 Å². The molecular formula is C17H19N5OS. The minimum Gasteiger partial charge on any atom is -0.335 e. The molecule has 1 unspecified atom stereocenters. The Kier molecular flexibility index (Phi) is 3.93. The molecular weight excluding hydrogens is 322 g/mol. The quantitative estimate of drug-likeness (QED) is 0.796. The second kappa shape index (κ2) is 6.24. The van der Waals surface area contributed by atoms with Crippen molar-refractivity contribution in [2.24, 2.45) is 0 Å². The molecule has 4 heterocycles. The standard InChI is InChI=1S/C17H19N5OS/c1-12-4-5-16(24-12)14-9-15(20-19-14)17(23)21-7-2-3-13(10-21)22-8-6-18-11-22/h4-6,8-9,11,13H,2-3,7,10H2,1H3,(H,19,20). The van der Waals surface area contributed by atoms with Gasteiger partial charge < -0.3 is 9.47 Å². The zero-order chi connectivity index (χ0) is 16.5. The monoisotopic (exact) mass is 341 g/mol. The average molecular weight is 341 g/mol. The van der Waals surface area contributed by atoms with Crippen molar-refractivity contribution in [2.45, 2.75) is 25.8 Å². The zero-order valence-corrected chi connectivity index (χ0v) is 14.3. The highest BCUT2D eigenvalue weighted by Crippen LogP contribution is 2.27. The first kappa shape index (κ1) is 15.1. The molecule has 1 aliphatic heterocycles. The van der Waals surface area contributed by atoms with Gasteiger partial charge in [0.1, 0.15) is 0 Å². The van der Waals surface area contributed by atoms with E-state index >= 15 is 0 Å². The van der Waals surface area contributed by atoms with Crippen LogP contribution in [-0.4, -0.2) is 43.6 Å². The molecule has 7 heteroatoms. The topological polar surface area (TPSA) is 66.8 Å². The number of imidazole rings is 1. The fourth-order valence-electron chi connectivity index (χ4n) is 3.17. The maximum absolute atomic E-state index is 12.8. The zero-order valence-electron chi connectivity index (χ0n) is 13.5. The van der Waals surface area contributed by atoms with Crippen LogP contribution in [0.1, 0.15) is 34.2 Å². The molecule has 0 aromatic carbocycles. The number of piperidine rings is 1. The number of thiophene rings is 1. The van der Waals surface area contributed by atoms with Gasteiger partial charge in [-0.15, -0.1) is 11.3 Å². The molecule has 0 aliphatic carbocycles. The molecule has 3 aromatic heterocycles. The first-order chi connectivity index (χ1) is 11.7. The Morgan fingerprint density at radius 2 is 2.33 bits per heavy atom. The van der Waals surface area contributed by atoms with Crippen molar-refractivity contribution in [3.8, 4) is 10.6 Å². The summed E-state index contributed by atoms with van der Waals surface area (Å²) in [6.07, 6.45) is 7.63. The van der Waals surface area contributed by atoms with Gasteiger partial charge in [-0.05, 0) is 38.0 Å². The summed E-state index contributed by atoms with van der Waals surface area (Å²) in [4.78, 5) is 21.1. The minimum absolute atomic E-state index is 0.00408. The number of carbonyl (C=O) groups excluding carboxylic acids is 1. The Labute approximate surface area is 144 Å². The molecule has 24 heavy (non-hydrogen) atoms. The van der Waals surface area contributed by atoms with Crippen molar-refractivity contribution in [1.82, 2.24) is 24.6 Å². The van der Waals surface area contributed by atoms with Crippen LogP contribution in [-0.2, 0) is 0 Å². The number of aromatic nitrogens is 4. The lowest BCUT2D eigenvalue weighted by Gasteiger charge is -2.32. The maximum Gasteiger partial charge on any atom is 0.274 e. The third kappa shape index (κ3) is 2.87. The van der Waals surface area contributed by atoms with E-state index < -0.39 is 0 Å². The number of H-pyrrole nitrogens is 1. The van der Waals surface area contributed by atoms with Gasteiger partial charge in [-0.2, -0.15) is 5.10 Å². The fourth-order valence-corrected chi connectivity index (χ4v) is 4.00. The molecule has 4 rings (SSSR count). The van der Waals surface area contributed by atoms with Crippen molar-refractivity contribution in [1.29, 1.82) is 0 Å². The first-order valence-electron chi connectivity index (χ1n) is 8.09. The van der Waals surface area contributed by atoms with Crippen LogP contribution >= 0.6 is 11.3 Å². The van der Waals surface area contributed by atoms with Gasteiger partial charge in [0.05, 0.1) is 22.9 Å². The molecule has 0 saturated carbocycles. The van der Waals surface area contributed by atoms with Crippen LogP contribution in [0, 0.1) is 6.92 Å². The molecule has 0 spiro atoms. The molecule has 1 aliphatic rings. The normalized spacial score (nSPS) is 18.0. The van der Waals surface area contributed by atoms with Crippen LogP contribution < -0.4 is 0 Å². The smallest absolute Gasteiger partial charge is 0.274 e. The van der Waals surface area contributed by atoms with Crippen LogP contribution in [0.25, 0.3) is 10.6 Å². The highest BCUT2D eigenvalue weighted by molar-refractivity contribution is 7.15. The highest BCUT2D eigenvalue weighted by Gasteiger charge is 2.26. The first-order valence-corrected chi connectivity index (χ1v) is 8.91. The van der Waals surface area contributed by atoms with Crippen molar-refractivity contribution in [3.63, 3.8) is 0 Å². The van der Waals surface area contributed by atoms with E-state index in [0.717, 1.165) is 30.0 Å². The highest BCUT2D eigenvalue weighted by atomic mass is 32.1. The van der Waals surface area contributed by atoms with Crippen LogP contribution in [0.3, 0.4) is 0 Å². The van der Waals surface area contributed by atoms with Gasteiger partial charge >= 0.3 is 0 Å². The molecule has 1 atom stereocenters. The Bertz CT molecular complexity index is 835. The summed E-state index contributed by atoms with van der Waals surface area (Å²) in [5.41, 5.74) is 1.39. The number of likely N-dealkylation sites (tertiary alicyclic amines) is 1. The van der Waals surface area contributed by atoms with Crippen molar-refractivity contribution < 1.29 is 4.79 Å². The van der Waals surface area contributed by atoms with Crippen molar-refractivity contribution >= 4 is 17.2 Å². The lowest BCUT2D eigenvalue weighted by Crippen LogP contribution is -2.40. The van der Waals surface area contributed by atoms with Crippen LogP contribution in [0.15, 0.2) is 36.9 Å². The SMILES string of the molecule is Cc1ccc(-c2cc(C(=O)N3CCCC(n4ccnc4)C3)n[nH]2)s1. The van der Waals surface area contributed by atoms with Gasteiger partial charge in [-0.25, -0.2) is 4.98 Å². The average Bonchev–Trinajstić information content (AvgIpc) is 3.35. The molecule has 1 amide bonds. The third-order valence-electron chi connectivity index (χ3n) is 4.43. The Morgan fingerprint density at radius 1 is 1.42 bits per heavy atom. The van der Waals surface area contributed by atoms with E-state index in [2.05, 4.69) is 38.8 Å². The number of nitrogens with zero attached hydrogens (tertiary/aromatic N) is 4. The lowest BCUT2D eigenvalue weighted by atomic mass is 10.1. The second-order valence-corrected chi connectivity index (χ2v) is 7.42.